The lowest BCUT2D eigenvalue weighted by molar-refractivity contribution is -0.132. The third-order valence-electron chi connectivity index (χ3n) is 3.96. The molecule has 0 radical (unpaired) electrons. The highest BCUT2D eigenvalue weighted by Gasteiger charge is 2.23. The van der Waals surface area contributed by atoms with Gasteiger partial charge in [0, 0.05) is 25.7 Å². The molecule has 0 unspecified atom stereocenters. The Labute approximate surface area is 133 Å². The second-order valence-electron chi connectivity index (χ2n) is 5.48. The van der Waals surface area contributed by atoms with Gasteiger partial charge in [-0.2, -0.15) is 0 Å². The molecule has 7 nitrogen and oxygen atoms in total. The average Bonchev–Trinajstić information content (AvgIpc) is 3.03. The van der Waals surface area contributed by atoms with Gasteiger partial charge in [0.15, 0.2) is 0 Å². The van der Waals surface area contributed by atoms with E-state index >= 15 is 0 Å². The van der Waals surface area contributed by atoms with Gasteiger partial charge in [-0.1, -0.05) is 30.3 Å². The van der Waals surface area contributed by atoms with Gasteiger partial charge in [0.2, 0.25) is 5.91 Å². The Kier molecular flexibility index (Phi) is 4.38. The van der Waals surface area contributed by atoms with Crippen molar-refractivity contribution in [3.8, 4) is 0 Å². The van der Waals surface area contributed by atoms with Crippen LogP contribution in [0.15, 0.2) is 36.5 Å². The minimum absolute atomic E-state index is 0.0799. The minimum atomic E-state index is -0.645. The molecule has 2 aromatic rings. The SMILES string of the molecule is O=C(NO)c1cn2c(n1)CN(C(=O)CCc1ccccc1)CC2. The van der Waals surface area contributed by atoms with E-state index in [1.165, 1.54) is 0 Å². The van der Waals surface area contributed by atoms with Gasteiger partial charge in [-0.3, -0.25) is 14.8 Å². The van der Waals surface area contributed by atoms with Crippen LogP contribution in [0.3, 0.4) is 0 Å². The number of aromatic nitrogens is 2. The van der Waals surface area contributed by atoms with Gasteiger partial charge in [-0.25, -0.2) is 10.5 Å². The molecular formula is C16H18N4O3. The maximum Gasteiger partial charge on any atom is 0.294 e. The molecular weight excluding hydrogens is 296 g/mol. The number of nitrogens with one attached hydrogen (secondary N) is 1. The molecule has 0 saturated carbocycles. The Morgan fingerprint density at radius 2 is 2.00 bits per heavy atom. The van der Waals surface area contributed by atoms with E-state index in [2.05, 4.69) is 4.98 Å². The Hall–Kier alpha value is -2.67. The highest BCUT2D eigenvalue weighted by atomic mass is 16.5. The predicted octanol–water partition coefficient (Wildman–Crippen LogP) is 0.977. The van der Waals surface area contributed by atoms with Crippen molar-refractivity contribution in [1.29, 1.82) is 0 Å². The minimum Gasteiger partial charge on any atom is -0.333 e. The Balaban J connectivity index is 1.61. The fourth-order valence-electron chi connectivity index (χ4n) is 2.69. The molecule has 2 amide bonds. The van der Waals surface area contributed by atoms with E-state index in [4.69, 9.17) is 5.21 Å². The molecule has 1 aliphatic rings. The quantitative estimate of drug-likeness (QED) is 0.650. The standard InChI is InChI=1S/C16H18N4O3/c21-15(7-6-12-4-2-1-3-5-12)20-9-8-19-10-13(16(22)18-23)17-14(19)11-20/h1-5,10,23H,6-9,11H2,(H,18,22). The zero-order valence-electron chi connectivity index (χ0n) is 12.6. The summed E-state index contributed by atoms with van der Waals surface area (Å²) in [5.74, 6) is 0.0908. The van der Waals surface area contributed by atoms with Crippen LogP contribution in [0.2, 0.25) is 0 Å². The fraction of sp³-hybridized carbons (Fsp3) is 0.312. The lowest BCUT2D eigenvalue weighted by Crippen LogP contribution is -2.38. The molecule has 1 aromatic carbocycles. The number of hydroxylamine groups is 1. The first-order valence-corrected chi connectivity index (χ1v) is 7.49. The van der Waals surface area contributed by atoms with Crippen LogP contribution in [0.1, 0.15) is 28.3 Å². The van der Waals surface area contributed by atoms with Crippen molar-refractivity contribution in [2.24, 2.45) is 0 Å². The van der Waals surface area contributed by atoms with Crippen molar-refractivity contribution in [1.82, 2.24) is 19.9 Å². The Bertz CT molecular complexity index is 711. The molecule has 7 heteroatoms. The number of aryl methyl sites for hydroxylation is 1. The number of imidazole rings is 1. The number of amides is 2. The fourth-order valence-corrected chi connectivity index (χ4v) is 2.69. The third kappa shape index (κ3) is 3.40. The highest BCUT2D eigenvalue weighted by Crippen LogP contribution is 2.15. The van der Waals surface area contributed by atoms with Gasteiger partial charge in [0.1, 0.15) is 11.5 Å². The summed E-state index contributed by atoms with van der Waals surface area (Å²) in [4.78, 5) is 29.7. The van der Waals surface area contributed by atoms with E-state index in [0.29, 0.717) is 38.3 Å². The van der Waals surface area contributed by atoms with Crippen LogP contribution >= 0.6 is 0 Å². The summed E-state index contributed by atoms with van der Waals surface area (Å²) in [5, 5.41) is 8.65. The van der Waals surface area contributed by atoms with Crippen molar-refractivity contribution in [2.45, 2.75) is 25.9 Å². The maximum atomic E-state index is 12.3. The zero-order valence-corrected chi connectivity index (χ0v) is 12.6. The summed E-state index contributed by atoms with van der Waals surface area (Å²) in [7, 11) is 0. The molecule has 3 rings (SSSR count). The number of carbonyl (C=O) groups excluding carboxylic acids is 2. The van der Waals surface area contributed by atoms with E-state index in [1.807, 2.05) is 34.9 Å². The predicted molar refractivity (Wildman–Crippen MR) is 81.7 cm³/mol. The largest absolute Gasteiger partial charge is 0.333 e. The van der Waals surface area contributed by atoms with E-state index in [-0.39, 0.29) is 11.6 Å². The van der Waals surface area contributed by atoms with Gasteiger partial charge >= 0.3 is 0 Å². The first kappa shape index (κ1) is 15.2. The van der Waals surface area contributed by atoms with Gasteiger partial charge in [0.25, 0.3) is 5.91 Å². The number of hydrogen-bond acceptors (Lipinski definition) is 4. The summed E-state index contributed by atoms with van der Waals surface area (Å²) in [6.07, 6.45) is 2.75. The molecule has 2 N–H and O–H groups in total. The molecule has 0 fully saturated rings. The molecule has 1 aliphatic heterocycles. The van der Waals surface area contributed by atoms with Crippen molar-refractivity contribution < 1.29 is 14.8 Å². The lowest BCUT2D eigenvalue weighted by Gasteiger charge is -2.27. The summed E-state index contributed by atoms with van der Waals surface area (Å²) >= 11 is 0. The van der Waals surface area contributed by atoms with Crippen LogP contribution in [-0.2, 0) is 24.3 Å². The number of hydrogen-bond donors (Lipinski definition) is 2. The molecule has 0 spiro atoms. The Morgan fingerprint density at radius 3 is 2.74 bits per heavy atom. The van der Waals surface area contributed by atoms with Crippen LogP contribution in [-0.4, -0.2) is 38.0 Å². The molecule has 120 valence electrons. The van der Waals surface area contributed by atoms with Gasteiger partial charge in [0.05, 0.1) is 6.54 Å². The Morgan fingerprint density at radius 1 is 1.22 bits per heavy atom. The average molecular weight is 314 g/mol. The van der Waals surface area contributed by atoms with E-state index < -0.39 is 5.91 Å². The van der Waals surface area contributed by atoms with Crippen molar-refractivity contribution >= 4 is 11.8 Å². The smallest absolute Gasteiger partial charge is 0.294 e. The van der Waals surface area contributed by atoms with Crippen LogP contribution in [0, 0.1) is 0 Å². The third-order valence-corrected chi connectivity index (χ3v) is 3.96. The molecule has 0 saturated heterocycles. The van der Waals surface area contributed by atoms with Gasteiger partial charge < -0.3 is 9.47 Å². The van der Waals surface area contributed by atoms with Crippen LogP contribution < -0.4 is 5.48 Å². The summed E-state index contributed by atoms with van der Waals surface area (Å²) in [5.41, 5.74) is 2.86. The molecule has 0 aliphatic carbocycles. The zero-order chi connectivity index (χ0) is 16.2. The summed E-state index contributed by atoms with van der Waals surface area (Å²) < 4.78 is 1.84. The summed E-state index contributed by atoms with van der Waals surface area (Å²) in [6.45, 7) is 1.57. The monoisotopic (exact) mass is 314 g/mol. The number of carbonyl (C=O) groups is 2. The van der Waals surface area contributed by atoms with Crippen molar-refractivity contribution in [3.63, 3.8) is 0 Å². The van der Waals surface area contributed by atoms with Crippen LogP contribution in [0.4, 0.5) is 0 Å². The lowest BCUT2D eigenvalue weighted by atomic mass is 10.1. The number of nitrogens with zero attached hydrogens (tertiary/aromatic N) is 3. The number of benzene rings is 1. The van der Waals surface area contributed by atoms with Gasteiger partial charge in [-0.15, -0.1) is 0 Å². The molecule has 0 bridgehead atoms. The van der Waals surface area contributed by atoms with E-state index in [0.717, 1.165) is 5.56 Å². The first-order chi connectivity index (χ1) is 11.2. The molecule has 23 heavy (non-hydrogen) atoms. The maximum absolute atomic E-state index is 12.3. The van der Waals surface area contributed by atoms with E-state index in [1.54, 1.807) is 16.6 Å². The normalized spacial score (nSPS) is 13.5. The van der Waals surface area contributed by atoms with Crippen molar-refractivity contribution in [3.05, 3.63) is 53.6 Å². The first-order valence-electron chi connectivity index (χ1n) is 7.49. The second-order valence-corrected chi connectivity index (χ2v) is 5.48. The topological polar surface area (TPSA) is 87.5 Å². The molecule has 0 atom stereocenters. The van der Waals surface area contributed by atoms with Crippen LogP contribution in [0.5, 0.6) is 0 Å². The highest BCUT2D eigenvalue weighted by molar-refractivity contribution is 5.91. The van der Waals surface area contributed by atoms with Crippen LogP contribution in [0.25, 0.3) is 0 Å². The number of rotatable bonds is 4. The van der Waals surface area contributed by atoms with E-state index in [9.17, 15) is 9.59 Å². The number of fused-ring (bicyclic) bond motifs is 1. The molecule has 2 heterocycles. The second kappa shape index (κ2) is 6.62. The summed E-state index contributed by atoms with van der Waals surface area (Å²) in [6, 6.07) is 9.90. The van der Waals surface area contributed by atoms with Gasteiger partial charge in [-0.05, 0) is 12.0 Å². The molecule has 1 aromatic heterocycles. The van der Waals surface area contributed by atoms with Crippen molar-refractivity contribution in [2.75, 3.05) is 6.54 Å².